The monoisotopic (exact) mass is 279 g/mol. The lowest BCUT2D eigenvalue weighted by atomic mass is 10.3. The molecular weight excluding hydrogens is 258 g/mol. The first-order valence-corrected chi connectivity index (χ1v) is 6.73. The Balaban J connectivity index is 1.94. The van der Waals surface area contributed by atoms with Gasteiger partial charge >= 0.3 is 0 Å². The first-order chi connectivity index (χ1) is 9.76. The molecule has 2 heterocycles. The maximum Gasteiger partial charge on any atom is 0.149 e. The van der Waals surface area contributed by atoms with Crippen molar-refractivity contribution in [3.63, 3.8) is 0 Å². The van der Waals surface area contributed by atoms with Crippen LogP contribution in [0.15, 0.2) is 12.7 Å². The molecule has 0 aliphatic heterocycles. The van der Waals surface area contributed by atoms with E-state index in [1.807, 2.05) is 16.2 Å². The zero-order valence-electron chi connectivity index (χ0n) is 12.2. The van der Waals surface area contributed by atoms with Crippen LogP contribution in [-0.4, -0.2) is 43.2 Å². The van der Waals surface area contributed by atoms with Gasteiger partial charge in [0.1, 0.15) is 24.3 Å². The predicted octanol–water partition coefficient (Wildman–Crippen LogP) is 0.387. The Hall–Kier alpha value is -1.80. The average molecular weight is 279 g/mol. The number of rotatable bonds is 8. The maximum absolute atomic E-state index is 5.08. The minimum Gasteiger partial charge on any atom is -0.383 e. The standard InChI is InChI=1S/C12H21N7O/c1-4-19-11(14-8-16-19)7-13-10(2)12-17-15-9-18(12)5-6-20-3/h8-10,13H,4-7H2,1-3H3. The highest BCUT2D eigenvalue weighted by Gasteiger charge is 2.13. The number of nitrogens with zero attached hydrogens (tertiary/aromatic N) is 6. The molecule has 0 amide bonds. The van der Waals surface area contributed by atoms with Crippen molar-refractivity contribution >= 4 is 0 Å². The van der Waals surface area contributed by atoms with Gasteiger partial charge in [-0.3, -0.25) is 0 Å². The van der Waals surface area contributed by atoms with Gasteiger partial charge in [0.2, 0.25) is 0 Å². The van der Waals surface area contributed by atoms with Crippen LogP contribution in [0.25, 0.3) is 0 Å². The molecule has 8 nitrogen and oxygen atoms in total. The van der Waals surface area contributed by atoms with E-state index in [-0.39, 0.29) is 6.04 Å². The highest BCUT2D eigenvalue weighted by Crippen LogP contribution is 2.09. The molecule has 1 N–H and O–H groups in total. The summed E-state index contributed by atoms with van der Waals surface area (Å²) in [5.41, 5.74) is 0. The van der Waals surface area contributed by atoms with Crippen molar-refractivity contribution in [1.82, 2.24) is 34.8 Å². The second-order valence-electron chi connectivity index (χ2n) is 4.47. The van der Waals surface area contributed by atoms with Gasteiger partial charge in [0.05, 0.1) is 19.2 Å². The fraction of sp³-hybridized carbons (Fsp3) is 0.667. The summed E-state index contributed by atoms with van der Waals surface area (Å²) in [6, 6.07) is 0.0800. The Labute approximate surface area is 118 Å². The van der Waals surface area contributed by atoms with Gasteiger partial charge in [-0.25, -0.2) is 9.67 Å². The molecule has 2 rings (SSSR count). The Morgan fingerprint density at radius 2 is 2.30 bits per heavy atom. The number of nitrogens with one attached hydrogen (secondary N) is 1. The number of ether oxygens (including phenoxy) is 1. The van der Waals surface area contributed by atoms with E-state index in [0.717, 1.165) is 24.7 Å². The highest BCUT2D eigenvalue weighted by atomic mass is 16.5. The smallest absolute Gasteiger partial charge is 0.149 e. The Morgan fingerprint density at radius 3 is 3.05 bits per heavy atom. The number of methoxy groups -OCH3 is 1. The number of aryl methyl sites for hydroxylation is 1. The summed E-state index contributed by atoms with van der Waals surface area (Å²) in [5.74, 6) is 1.81. The topological polar surface area (TPSA) is 82.7 Å². The fourth-order valence-corrected chi connectivity index (χ4v) is 1.99. The van der Waals surface area contributed by atoms with Gasteiger partial charge in [-0.2, -0.15) is 5.10 Å². The first-order valence-electron chi connectivity index (χ1n) is 6.73. The van der Waals surface area contributed by atoms with E-state index in [0.29, 0.717) is 13.2 Å². The van der Waals surface area contributed by atoms with Crippen LogP contribution in [0, 0.1) is 0 Å². The Kier molecular flexibility index (Phi) is 5.19. The van der Waals surface area contributed by atoms with E-state index < -0.39 is 0 Å². The van der Waals surface area contributed by atoms with Crippen molar-refractivity contribution in [2.75, 3.05) is 13.7 Å². The van der Waals surface area contributed by atoms with Gasteiger partial charge in [0.25, 0.3) is 0 Å². The van der Waals surface area contributed by atoms with Crippen LogP contribution >= 0.6 is 0 Å². The highest BCUT2D eigenvalue weighted by molar-refractivity contribution is 4.94. The summed E-state index contributed by atoms with van der Waals surface area (Å²) >= 11 is 0. The predicted molar refractivity (Wildman–Crippen MR) is 72.8 cm³/mol. The SMILES string of the molecule is CCn1ncnc1CNC(C)c1nncn1CCOC. The van der Waals surface area contributed by atoms with Crippen molar-refractivity contribution in [2.45, 2.75) is 39.5 Å². The van der Waals surface area contributed by atoms with Crippen molar-refractivity contribution in [1.29, 1.82) is 0 Å². The Morgan fingerprint density at radius 1 is 1.45 bits per heavy atom. The molecule has 0 spiro atoms. The van der Waals surface area contributed by atoms with Crippen LogP contribution in [0.2, 0.25) is 0 Å². The lowest BCUT2D eigenvalue weighted by molar-refractivity contribution is 0.185. The van der Waals surface area contributed by atoms with E-state index in [1.54, 1.807) is 19.8 Å². The summed E-state index contributed by atoms with van der Waals surface area (Å²) in [5, 5.41) is 15.7. The van der Waals surface area contributed by atoms with Crippen LogP contribution in [0.3, 0.4) is 0 Å². The zero-order chi connectivity index (χ0) is 14.4. The van der Waals surface area contributed by atoms with Gasteiger partial charge in [0.15, 0.2) is 0 Å². The van der Waals surface area contributed by atoms with E-state index in [2.05, 4.69) is 32.5 Å². The minimum atomic E-state index is 0.0800. The zero-order valence-corrected chi connectivity index (χ0v) is 12.2. The molecule has 2 aromatic heterocycles. The van der Waals surface area contributed by atoms with Gasteiger partial charge in [0, 0.05) is 20.2 Å². The molecule has 8 heteroatoms. The fourth-order valence-electron chi connectivity index (χ4n) is 1.99. The van der Waals surface area contributed by atoms with Crippen LogP contribution < -0.4 is 5.32 Å². The first kappa shape index (κ1) is 14.6. The third kappa shape index (κ3) is 3.40. The van der Waals surface area contributed by atoms with E-state index in [9.17, 15) is 0 Å². The van der Waals surface area contributed by atoms with Crippen LogP contribution in [-0.2, 0) is 24.4 Å². The van der Waals surface area contributed by atoms with Crippen molar-refractivity contribution in [2.24, 2.45) is 0 Å². The molecule has 0 aromatic carbocycles. The van der Waals surface area contributed by atoms with E-state index in [1.165, 1.54) is 0 Å². The van der Waals surface area contributed by atoms with Crippen molar-refractivity contribution in [3.05, 3.63) is 24.3 Å². The average Bonchev–Trinajstić information content (AvgIpc) is 3.10. The molecule has 110 valence electrons. The van der Waals surface area contributed by atoms with Crippen LogP contribution in [0.1, 0.15) is 31.5 Å². The quantitative estimate of drug-likeness (QED) is 0.752. The number of hydrogen-bond donors (Lipinski definition) is 1. The normalized spacial score (nSPS) is 12.8. The van der Waals surface area contributed by atoms with E-state index >= 15 is 0 Å². The van der Waals surface area contributed by atoms with Gasteiger partial charge in [-0.05, 0) is 13.8 Å². The molecule has 1 unspecified atom stereocenters. The maximum atomic E-state index is 5.08. The lowest BCUT2D eigenvalue weighted by Crippen LogP contribution is -2.24. The third-order valence-electron chi connectivity index (χ3n) is 3.13. The lowest BCUT2D eigenvalue weighted by Gasteiger charge is -2.14. The summed E-state index contributed by atoms with van der Waals surface area (Å²) in [7, 11) is 1.68. The van der Waals surface area contributed by atoms with Gasteiger partial charge in [-0.1, -0.05) is 0 Å². The summed E-state index contributed by atoms with van der Waals surface area (Å²) in [6.45, 7) is 6.95. The number of hydrogen-bond acceptors (Lipinski definition) is 6. The second-order valence-corrected chi connectivity index (χ2v) is 4.47. The molecule has 0 saturated heterocycles. The van der Waals surface area contributed by atoms with Crippen molar-refractivity contribution in [3.8, 4) is 0 Å². The molecule has 2 aromatic rings. The van der Waals surface area contributed by atoms with Gasteiger partial charge < -0.3 is 14.6 Å². The molecular formula is C12H21N7O. The minimum absolute atomic E-state index is 0.0800. The summed E-state index contributed by atoms with van der Waals surface area (Å²) in [4.78, 5) is 4.24. The van der Waals surface area contributed by atoms with Crippen LogP contribution in [0.5, 0.6) is 0 Å². The molecule has 20 heavy (non-hydrogen) atoms. The molecule has 1 atom stereocenters. The molecule has 0 aliphatic rings. The van der Waals surface area contributed by atoms with Gasteiger partial charge in [-0.15, -0.1) is 10.2 Å². The third-order valence-corrected chi connectivity index (χ3v) is 3.13. The largest absolute Gasteiger partial charge is 0.383 e. The molecule has 0 bridgehead atoms. The summed E-state index contributed by atoms with van der Waals surface area (Å²) in [6.07, 6.45) is 3.30. The Bertz CT molecular complexity index is 521. The van der Waals surface area contributed by atoms with E-state index in [4.69, 9.17) is 4.74 Å². The van der Waals surface area contributed by atoms with Crippen LogP contribution in [0.4, 0.5) is 0 Å². The summed E-state index contributed by atoms with van der Waals surface area (Å²) < 4.78 is 8.94. The number of aromatic nitrogens is 6. The second kappa shape index (κ2) is 7.11. The molecule has 0 fully saturated rings. The molecule has 0 saturated carbocycles. The van der Waals surface area contributed by atoms with Crippen molar-refractivity contribution < 1.29 is 4.74 Å². The molecule has 0 radical (unpaired) electrons. The molecule has 0 aliphatic carbocycles.